The molecule has 39 heavy (non-hydrogen) atoms. The fourth-order valence-electron chi connectivity index (χ4n) is 4.28. The van der Waals surface area contributed by atoms with Gasteiger partial charge in [0.05, 0.1) is 29.8 Å². The normalized spacial score (nSPS) is 13.5. The molecule has 5 nitrogen and oxygen atoms in total. The maximum Gasteiger partial charge on any atom is 0.343 e. The molecule has 3 aromatic rings. The number of halogens is 2. The van der Waals surface area contributed by atoms with Gasteiger partial charge >= 0.3 is 5.97 Å². The largest absolute Gasteiger partial charge is 0.462 e. The van der Waals surface area contributed by atoms with Crippen LogP contribution in [-0.4, -0.2) is 32.1 Å². The Balaban J connectivity index is 2.21. The van der Waals surface area contributed by atoms with Crippen LogP contribution in [0.25, 0.3) is 10.9 Å². The highest BCUT2D eigenvalue weighted by Gasteiger charge is 2.39. The Morgan fingerprint density at radius 3 is 2.36 bits per heavy atom. The van der Waals surface area contributed by atoms with Gasteiger partial charge in [-0.2, -0.15) is 0 Å². The maximum absolute atomic E-state index is 14.6. The molecular weight excluding hydrogens is 533 g/mol. The van der Waals surface area contributed by atoms with Crippen molar-refractivity contribution in [3.05, 3.63) is 80.3 Å². The summed E-state index contributed by atoms with van der Waals surface area (Å²) in [7, 11) is -2.08. The van der Waals surface area contributed by atoms with Gasteiger partial charge in [-0.15, -0.1) is 0 Å². The smallest absolute Gasteiger partial charge is 0.343 e. The summed E-state index contributed by atoms with van der Waals surface area (Å²) in [6.45, 7) is 19.7. The van der Waals surface area contributed by atoms with Gasteiger partial charge in [-0.25, -0.2) is 9.18 Å². The molecule has 0 amide bonds. The highest BCUT2D eigenvalue weighted by Crippen LogP contribution is 2.40. The van der Waals surface area contributed by atoms with Gasteiger partial charge in [-0.05, 0) is 59.8 Å². The predicted octanol–water partition coefficient (Wildman–Crippen LogP) is 8.17. The Hall–Kier alpha value is -2.48. The van der Waals surface area contributed by atoms with Crippen molar-refractivity contribution in [3.8, 4) is 0 Å². The molecule has 0 aliphatic heterocycles. The second-order valence-corrected chi connectivity index (χ2v) is 17.9. The summed E-state index contributed by atoms with van der Waals surface area (Å²) in [5.74, 6) is -1.14. The van der Waals surface area contributed by atoms with E-state index in [0.29, 0.717) is 23.1 Å². The van der Waals surface area contributed by atoms with E-state index in [2.05, 4.69) is 54.6 Å². The van der Waals surface area contributed by atoms with E-state index in [-0.39, 0.29) is 40.1 Å². The van der Waals surface area contributed by atoms with Gasteiger partial charge < -0.3 is 13.7 Å². The van der Waals surface area contributed by atoms with Crippen molar-refractivity contribution in [2.24, 2.45) is 5.41 Å². The standard InChI is InChI=1S/C31H41ClFNO4Si/c1-10-37-29(36)23-18-34(26(30(2,3)4)19-38-39(8,9)31(5,6)7)25-15-14-20(17-22(25)28(23)35)16-21-12-11-13-24(32)27(21)33/h11-15,17-18,26H,10,16,19H2,1-9H3/t26-/m1/s1. The van der Waals surface area contributed by atoms with E-state index in [4.69, 9.17) is 20.8 Å². The van der Waals surface area contributed by atoms with Crippen LogP contribution in [-0.2, 0) is 15.6 Å². The van der Waals surface area contributed by atoms with Crippen molar-refractivity contribution in [2.45, 2.75) is 79.1 Å². The molecule has 3 rings (SSSR count). The van der Waals surface area contributed by atoms with E-state index < -0.39 is 25.5 Å². The van der Waals surface area contributed by atoms with Crippen LogP contribution >= 0.6 is 11.6 Å². The topological polar surface area (TPSA) is 57.5 Å². The minimum atomic E-state index is -2.08. The van der Waals surface area contributed by atoms with Gasteiger partial charge in [-0.1, -0.05) is 71.3 Å². The maximum atomic E-state index is 14.6. The minimum absolute atomic E-state index is 0.0294. The van der Waals surface area contributed by atoms with Crippen LogP contribution in [0.3, 0.4) is 0 Å². The van der Waals surface area contributed by atoms with E-state index in [1.165, 1.54) is 6.07 Å². The zero-order valence-electron chi connectivity index (χ0n) is 24.6. The van der Waals surface area contributed by atoms with Gasteiger partial charge in [0, 0.05) is 18.0 Å². The van der Waals surface area contributed by atoms with E-state index >= 15 is 0 Å². The first-order chi connectivity index (χ1) is 18.0. The zero-order valence-corrected chi connectivity index (χ0v) is 26.3. The molecule has 0 N–H and O–H groups in total. The monoisotopic (exact) mass is 573 g/mol. The Kier molecular flexibility index (Phi) is 9.20. The van der Waals surface area contributed by atoms with Crippen LogP contribution < -0.4 is 5.43 Å². The molecule has 0 bridgehead atoms. The average Bonchev–Trinajstić information content (AvgIpc) is 2.82. The number of esters is 1. The van der Waals surface area contributed by atoms with Crippen LogP contribution in [0.15, 0.2) is 47.4 Å². The molecule has 0 spiro atoms. The predicted molar refractivity (Wildman–Crippen MR) is 160 cm³/mol. The quantitative estimate of drug-likeness (QED) is 0.201. The van der Waals surface area contributed by atoms with Gasteiger partial charge in [-0.3, -0.25) is 4.79 Å². The summed E-state index contributed by atoms with van der Waals surface area (Å²) in [4.78, 5) is 26.5. The zero-order chi connectivity index (χ0) is 29.3. The van der Waals surface area contributed by atoms with Crippen LogP contribution in [0.5, 0.6) is 0 Å². The molecule has 1 atom stereocenters. The number of nitrogens with zero attached hydrogens (tertiary/aromatic N) is 1. The van der Waals surface area contributed by atoms with E-state index in [1.807, 2.05) is 16.7 Å². The Morgan fingerprint density at radius 1 is 1.10 bits per heavy atom. The molecule has 1 aromatic heterocycles. The lowest BCUT2D eigenvalue weighted by Gasteiger charge is -2.40. The van der Waals surface area contributed by atoms with E-state index in [0.717, 1.165) is 5.56 Å². The molecule has 8 heteroatoms. The number of ether oxygens (including phenoxy) is 1. The number of carbonyl (C=O) groups excluding carboxylic acids is 1. The number of carbonyl (C=O) groups is 1. The summed E-state index contributed by atoms with van der Waals surface area (Å²) >= 11 is 5.98. The average molecular weight is 574 g/mol. The summed E-state index contributed by atoms with van der Waals surface area (Å²) in [5.41, 5.74) is 1.14. The van der Waals surface area contributed by atoms with Gasteiger partial charge in [0.1, 0.15) is 11.4 Å². The Labute approximate surface area is 237 Å². The Bertz CT molecular complexity index is 1420. The lowest BCUT2D eigenvalue weighted by Crippen LogP contribution is -2.43. The highest BCUT2D eigenvalue weighted by atomic mass is 35.5. The summed E-state index contributed by atoms with van der Waals surface area (Å²) < 4.78 is 28.5. The first-order valence-electron chi connectivity index (χ1n) is 13.4. The molecule has 1 heterocycles. The molecule has 0 saturated carbocycles. The SMILES string of the molecule is CCOC(=O)c1cn([C@H](CO[Si](C)(C)C(C)(C)C)C(C)(C)C)c2ccc(Cc3cccc(Cl)c3F)cc2c1=O. The van der Waals surface area contributed by atoms with Crippen molar-refractivity contribution >= 4 is 36.8 Å². The van der Waals surface area contributed by atoms with Gasteiger partial charge in [0.2, 0.25) is 5.43 Å². The van der Waals surface area contributed by atoms with Crippen molar-refractivity contribution in [3.63, 3.8) is 0 Å². The fourth-order valence-corrected chi connectivity index (χ4v) is 5.48. The van der Waals surface area contributed by atoms with Crippen molar-refractivity contribution in [1.29, 1.82) is 0 Å². The van der Waals surface area contributed by atoms with Crippen LogP contribution in [0.4, 0.5) is 4.39 Å². The van der Waals surface area contributed by atoms with E-state index in [1.54, 1.807) is 31.3 Å². The van der Waals surface area contributed by atoms with Crippen molar-refractivity contribution in [2.75, 3.05) is 13.2 Å². The molecule has 0 aliphatic carbocycles. The summed E-state index contributed by atoms with van der Waals surface area (Å²) in [6, 6.07) is 10.2. The van der Waals surface area contributed by atoms with E-state index in [9.17, 15) is 14.0 Å². The molecule has 2 aromatic carbocycles. The third-order valence-electron chi connectivity index (χ3n) is 7.76. The number of fused-ring (bicyclic) bond motifs is 1. The first-order valence-corrected chi connectivity index (χ1v) is 16.7. The number of hydrogen-bond donors (Lipinski definition) is 0. The molecule has 0 radical (unpaired) electrons. The van der Waals surface area contributed by atoms with Gasteiger partial charge in [0.15, 0.2) is 8.32 Å². The number of hydrogen-bond acceptors (Lipinski definition) is 4. The fraction of sp³-hybridized carbons (Fsp3) is 0.484. The molecular formula is C31H41ClFNO4Si. The highest BCUT2D eigenvalue weighted by molar-refractivity contribution is 6.74. The lowest BCUT2D eigenvalue weighted by atomic mass is 9.86. The third kappa shape index (κ3) is 6.81. The van der Waals surface area contributed by atoms with Crippen LogP contribution in [0.1, 0.15) is 76.0 Å². The van der Waals surface area contributed by atoms with Gasteiger partial charge in [0.25, 0.3) is 0 Å². The number of rotatable bonds is 8. The lowest BCUT2D eigenvalue weighted by molar-refractivity contribution is 0.0522. The summed E-state index contributed by atoms with van der Waals surface area (Å²) in [6.07, 6.45) is 1.87. The molecule has 0 unspecified atom stereocenters. The molecule has 0 saturated heterocycles. The number of aromatic nitrogens is 1. The molecule has 0 aliphatic rings. The van der Waals surface area contributed by atoms with Crippen molar-refractivity contribution in [1.82, 2.24) is 4.57 Å². The number of pyridine rings is 1. The second-order valence-electron chi connectivity index (χ2n) is 12.7. The van der Waals surface area contributed by atoms with Crippen LogP contribution in [0.2, 0.25) is 23.2 Å². The number of benzene rings is 2. The molecule has 212 valence electrons. The Morgan fingerprint density at radius 2 is 1.77 bits per heavy atom. The second kappa shape index (κ2) is 11.6. The summed E-state index contributed by atoms with van der Waals surface area (Å²) in [5, 5.41) is 0.457. The van der Waals surface area contributed by atoms with Crippen LogP contribution in [0, 0.1) is 11.2 Å². The van der Waals surface area contributed by atoms with Crippen molar-refractivity contribution < 1.29 is 18.3 Å². The third-order valence-corrected chi connectivity index (χ3v) is 12.6. The first kappa shape index (κ1) is 31.0. The molecule has 0 fully saturated rings. The minimum Gasteiger partial charge on any atom is -0.462 e.